The molecule has 1 aromatic heterocycles. The number of furan rings is 1. The van der Waals surface area contributed by atoms with Crippen LogP contribution >= 0.6 is 0 Å². The third-order valence-corrected chi connectivity index (χ3v) is 6.24. The fourth-order valence-corrected chi connectivity index (χ4v) is 4.06. The van der Waals surface area contributed by atoms with Crippen molar-refractivity contribution >= 4 is 21.8 Å². The predicted molar refractivity (Wildman–Crippen MR) is 104 cm³/mol. The van der Waals surface area contributed by atoms with E-state index in [9.17, 15) is 18.0 Å². The van der Waals surface area contributed by atoms with Gasteiger partial charge in [-0.1, -0.05) is 26.0 Å². The van der Waals surface area contributed by atoms with E-state index in [1.165, 1.54) is 10.6 Å². The molecule has 0 aliphatic heterocycles. The van der Waals surface area contributed by atoms with Gasteiger partial charge in [0.05, 0.1) is 17.7 Å². The van der Waals surface area contributed by atoms with E-state index in [-0.39, 0.29) is 18.0 Å². The minimum Gasteiger partial charge on any atom is -0.467 e. The summed E-state index contributed by atoms with van der Waals surface area (Å²) in [6, 6.07) is 9.92. The number of carbonyl (C=O) groups excluding carboxylic acids is 2. The number of hydrogen-bond acceptors (Lipinski definition) is 5. The Labute approximate surface area is 165 Å². The van der Waals surface area contributed by atoms with Gasteiger partial charge in [0.15, 0.2) is 0 Å². The number of amides is 2. The zero-order valence-corrected chi connectivity index (χ0v) is 16.8. The molecule has 28 heavy (non-hydrogen) atoms. The SMILES string of the molecule is CCN(CC)S(=O)(=O)c1ccc(CCNC(=O)C(=O)NCc2ccco2)cc1. The van der Waals surface area contributed by atoms with Crippen molar-refractivity contribution in [2.45, 2.75) is 31.7 Å². The summed E-state index contributed by atoms with van der Waals surface area (Å²) in [5.41, 5.74) is 0.856. The van der Waals surface area contributed by atoms with E-state index in [2.05, 4.69) is 10.6 Å². The zero-order valence-electron chi connectivity index (χ0n) is 16.0. The lowest BCUT2D eigenvalue weighted by Gasteiger charge is -2.18. The largest absolute Gasteiger partial charge is 0.467 e. The maximum absolute atomic E-state index is 12.4. The first-order valence-electron chi connectivity index (χ1n) is 9.06. The van der Waals surface area contributed by atoms with Gasteiger partial charge >= 0.3 is 11.8 Å². The summed E-state index contributed by atoms with van der Waals surface area (Å²) in [5.74, 6) is -0.912. The van der Waals surface area contributed by atoms with Gasteiger partial charge in [-0.15, -0.1) is 0 Å². The van der Waals surface area contributed by atoms with Crippen molar-refractivity contribution in [3.63, 3.8) is 0 Å². The quantitative estimate of drug-likeness (QED) is 0.609. The van der Waals surface area contributed by atoms with Crippen molar-refractivity contribution in [1.29, 1.82) is 0 Å². The van der Waals surface area contributed by atoms with Crippen molar-refractivity contribution in [3.05, 3.63) is 54.0 Å². The first-order valence-corrected chi connectivity index (χ1v) is 10.5. The molecule has 2 aromatic rings. The highest BCUT2D eigenvalue weighted by Gasteiger charge is 2.21. The fourth-order valence-electron chi connectivity index (χ4n) is 2.60. The van der Waals surface area contributed by atoms with Gasteiger partial charge in [0, 0.05) is 19.6 Å². The molecule has 1 heterocycles. The van der Waals surface area contributed by atoms with Gasteiger partial charge in [-0.3, -0.25) is 9.59 Å². The molecule has 0 saturated heterocycles. The van der Waals surface area contributed by atoms with Gasteiger partial charge in [0.25, 0.3) is 0 Å². The van der Waals surface area contributed by atoms with Crippen LogP contribution in [0.2, 0.25) is 0 Å². The summed E-state index contributed by atoms with van der Waals surface area (Å²) in [6.07, 6.45) is 1.96. The van der Waals surface area contributed by atoms with Crippen LogP contribution in [0.25, 0.3) is 0 Å². The van der Waals surface area contributed by atoms with Gasteiger partial charge in [-0.25, -0.2) is 8.42 Å². The zero-order chi connectivity index (χ0) is 20.6. The van der Waals surface area contributed by atoms with Crippen molar-refractivity contribution < 1.29 is 22.4 Å². The van der Waals surface area contributed by atoms with Gasteiger partial charge in [-0.2, -0.15) is 4.31 Å². The van der Waals surface area contributed by atoms with E-state index in [1.807, 2.05) is 0 Å². The molecular formula is C19H25N3O5S. The molecule has 8 nitrogen and oxygen atoms in total. The molecule has 0 spiro atoms. The standard InChI is InChI=1S/C19H25N3O5S/c1-3-22(4-2)28(25,26)17-9-7-15(8-10-17)11-12-20-18(23)19(24)21-14-16-6-5-13-27-16/h5-10,13H,3-4,11-12,14H2,1-2H3,(H,20,23)(H,21,24). The van der Waals surface area contributed by atoms with Gasteiger partial charge in [-0.05, 0) is 36.2 Å². The van der Waals surface area contributed by atoms with E-state index in [1.54, 1.807) is 50.2 Å². The maximum atomic E-state index is 12.4. The highest BCUT2D eigenvalue weighted by molar-refractivity contribution is 7.89. The number of benzene rings is 1. The Morgan fingerprint density at radius 1 is 1.00 bits per heavy atom. The molecule has 0 unspecified atom stereocenters. The van der Waals surface area contributed by atoms with E-state index >= 15 is 0 Å². The molecular weight excluding hydrogens is 382 g/mol. The summed E-state index contributed by atoms with van der Waals surface area (Å²) in [6.45, 7) is 4.81. The smallest absolute Gasteiger partial charge is 0.309 e. The van der Waals surface area contributed by atoms with Crippen LogP contribution in [0.5, 0.6) is 0 Å². The van der Waals surface area contributed by atoms with Crippen LogP contribution in [0.1, 0.15) is 25.2 Å². The topological polar surface area (TPSA) is 109 Å². The Bertz CT molecular complexity index is 873. The Morgan fingerprint density at radius 3 is 2.21 bits per heavy atom. The van der Waals surface area contributed by atoms with Crippen molar-refractivity contribution in [1.82, 2.24) is 14.9 Å². The molecule has 0 aliphatic rings. The molecule has 2 rings (SSSR count). The molecule has 2 amide bonds. The highest BCUT2D eigenvalue weighted by Crippen LogP contribution is 2.16. The summed E-state index contributed by atoms with van der Waals surface area (Å²) < 4.78 is 31.4. The fraction of sp³-hybridized carbons (Fsp3) is 0.368. The second-order valence-corrected chi connectivity index (χ2v) is 7.94. The van der Waals surface area contributed by atoms with Crippen LogP contribution in [0.4, 0.5) is 0 Å². The van der Waals surface area contributed by atoms with Crippen LogP contribution < -0.4 is 10.6 Å². The monoisotopic (exact) mass is 407 g/mol. The van der Waals surface area contributed by atoms with Crippen LogP contribution in [-0.2, 0) is 32.6 Å². The number of sulfonamides is 1. The van der Waals surface area contributed by atoms with E-state index in [4.69, 9.17) is 4.42 Å². The number of nitrogens with zero attached hydrogens (tertiary/aromatic N) is 1. The number of hydrogen-bond donors (Lipinski definition) is 2. The molecule has 0 saturated carbocycles. The minimum atomic E-state index is -3.49. The van der Waals surface area contributed by atoms with E-state index < -0.39 is 21.8 Å². The molecule has 152 valence electrons. The minimum absolute atomic E-state index is 0.141. The Kier molecular flexibility index (Phi) is 7.77. The van der Waals surface area contributed by atoms with Crippen LogP contribution in [0.3, 0.4) is 0 Å². The third kappa shape index (κ3) is 5.67. The summed E-state index contributed by atoms with van der Waals surface area (Å²) in [7, 11) is -3.49. The molecule has 0 aliphatic carbocycles. The van der Waals surface area contributed by atoms with E-state index in [0.29, 0.717) is 25.3 Å². The van der Waals surface area contributed by atoms with Crippen molar-refractivity contribution in [3.8, 4) is 0 Å². The average Bonchev–Trinajstić information content (AvgIpc) is 3.20. The summed E-state index contributed by atoms with van der Waals surface area (Å²) in [4.78, 5) is 23.7. The molecule has 0 fully saturated rings. The van der Waals surface area contributed by atoms with Crippen molar-refractivity contribution in [2.24, 2.45) is 0 Å². The Morgan fingerprint density at radius 2 is 1.64 bits per heavy atom. The summed E-state index contributed by atoms with van der Waals surface area (Å²) in [5, 5.41) is 5.00. The molecule has 9 heteroatoms. The first kappa shape index (κ1) is 21.6. The molecule has 2 N–H and O–H groups in total. The number of rotatable bonds is 9. The van der Waals surface area contributed by atoms with Gasteiger partial charge < -0.3 is 15.1 Å². The highest BCUT2D eigenvalue weighted by atomic mass is 32.2. The van der Waals surface area contributed by atoms with Crippen LogP contribution in [-0.4, -0.2) is 44.2 Å². The second-order valence-electron chi connectivity index (χ2n) is 6.00. The first-order chi connectivity index (χ1) is 13.4. The molecule has 0 atom stereocenters. The Balaban J connectivity index is 1.81. The summed E-state index contributed by atoms with van der Waals surface area (Å²) >= 11 is 0. The molecule has 0 bridgehead atoms. The van der Waals surface area contributed by atoms with Crippen LogP contribution in [0.15, 0.2) is 52.0 Å². The number of nitrogens with one attached hydrogen (secondary N) is 2. The lowest BCUT2D eigenvalue weighted by atomic mass is 10.1. The molecule has 1 aromatic carbocycles. The van der Waals surface area contributed by atoms with Crippen molar-refractivity contribution in [2.75, 3.05) is 19.6 Å². The lowest BCUT2D eigenvalue weighted by Crippen LogP contribution is -2.40. The van der Waals surface area contributed by atoms with E-state index in [0.717, 1.165) is 5.56 Å². The average molecular weight is 407 g/mol. The Hall–Kier alpha value is -2.65. The normalized spacial score (nSPS) is 11.4. The maximum Gasteiger partial charge on any atom is 0.309 e. The predicted octanol–water partition coefficient (Wildman–Crippen LogP) is 1.29. The van der Waals surface area contributed by atoms with Crippen LogP contribution in [0, 0.1) is 0 Å². The second kappa shape index (κ2) is 10.0. The number of carbonyl (C=O) groups is 2. The van der Waals surface area contributed by atoms with Gasteiger partial charge in [0.1, 0.15) is 5.76 Å². The third-order valence-electron chi connectivity index (χ3n) is 4.18. The molecule has 0 radical (unpaired) electrons. The lowest BCUT2D eigenvalue weighted by molar-refractivity contribution is -0.139. The van der Waals surface area contributed by atoms with Gasteiger partial charge in [0.2, 0.25) is 10.0 Å².